The predicted molar refractivity (Wildman–Crippen MR) is 80.7 cm³/mol. The first-order valence-electron chi connectivity index (χ1n) is 7.24. The maximum absolute atomic E-state index is 9.92. The Balaban J connectivity index is 2.22. The SMILES string of the molecule is CC(O)c1ccc(C#N)cc1N1CCN(C(C)C)CC1. The second-order valence-corrected chi connectivity index (χ2v) is 5.68. The average molecular weight is 273 g/mol. The van der Waals surface area contributed by atoms with Gasteiger partial charge in [0.1, 0.15) is 0 Å². The van der Waals surface area contributed by atoms with Gasteiger partial charge in [-0.3, -0.25) is 4.90 Å². The predicted octanol–water partition coefficient (Wildman–Crippen LogP) is 2.14. The molecule has 1 fully saturated rings. The molecule has 1 heterocycles. The van der Waals surface area contributed by atoms with Gasteiger partial charge in [-0.2, -0.15) is 5.26 Å². The zero-order valence-corrected chi connectivity index (χ0v) is 12.5. The number of hydrogen-bond acceptors (Lipinski definition) is 4. The Morgan fingerprint density at radius 1 is 1.15 bits per heavy atom. The van der Waals surface area contributed by atoms with Crippen molar-refractivity contribution in [1.82, 2.24) is 4.90 Å². The van der Waals surface area contributed by atoms with E-state index in [2.05, 4.69) is 29.7 Å². The first-order chi connectivity index (χ1) is 9.52. The Bertz CT molecular complexity index is 497. The third kappa shape index (κ3) is 3.12. The average Bonchev–Trinajstić information content (AvgIpc) is 2.46. The highest BCUT2D eigenvalue weighted by molar-refractivity contribution is 5.58. The Labute approximate surface area is 121 Å². The lowest BCUT2D eigenvalue weighted by molar-refractivity contribution is 0.196. The van der Waals surface area contributed by atoms with Gasteiger partial charge in [-0.15, -0.1) is 0 Å². The number of benzene rings is 1. The summed E-state index contributed by atoms with van der Waals surface area (Å²) in [5.74, 6) is 0. The molecule has 1 aliphatic heterocycles. The smallest absolute Gasteiger partial charge is 0.0992 e. The molecule has 0 radical (unpaired) electrons. The van der Waals surface area contributed by atoms with E-state index in [1.807, 2.05) is 12.1 Å². The molecule has 1 aliphatic rings. The summed E-state index contributed by atoms with van der Waals surface area (Å²) in [5, 5.41) is 19.0. The highest BCUT2D eigenvalue weighted by Crippen LogP contribution is 2.28. The maximum atomic E-state index is 9.92. The number of nitrogens with zero attached hydrogens (tertiary/aromatic N) is 3. The van der Waals surface area contributed by atoms with Crippen LogP contribution in [0.4, 0.5) is 5.69 Å². The van der Waals surface area contributed by atoms with E-state index in [4.69, 9.17) is 5.26 Å². The lowest BCUT2D eigenvalue weighted by Crippen LogP contribution is -2.49. The van der Waals surface area contributed by atoms with E-state index in [0.717, 1.165) is 37.4 Å². The number of piperazine rings is 1. The third-order valence-corrected chi connectivity index (χ3v) is 3.99. The maximum Gasteiger partial charge on any atom is 0.0992 e. The van der Waals surface area contributed by atoms with Crippen molar-refractivity contribution in [2.24, 2.45) is 0 Å². The van der Waals surface area contributed by atoms with Crippen LogP contribution in [0.3, 0.4) is 0 Å². The summed E-state index contributed by atoms with van der Waals surface area (Å²) in [5.41, 5.74) is 2.56. The van der Waals surface area contributed by atoms with Crippen LogP contribution in [0.2, 0.25) is 0 Å². The number of anilines is 1. The zero-order chi connectivity index (χ0) is 14.7. The lowest BCUT2D eigenvalue weighted by atomic mass is 10.0. The molecular weight excluding hydrogens is 250 g/mol. The van der Waals surface area contributed by atoms with Crippen molar-refractivity contribution in [3.05, 3.63) is 29.3 Å². The summed E-state index contributed by atoms with van der Waals surface area (Å²) in [4.78, 5) is 4.73. The molecule has 0 aliphatic carbocycles. The minimum absolute atomic E-state index is 0.513. The van der Waals surface area contributed by atoms with Crippen LogP contribution in [0.25, 0.3) is 0 Å². The van der Waals surface area contributed by atoms with Crippen LogP contribution in [-0.2, 0) is 0 Å². The summed E-state index contributed by atoms with van der Waals surface area (Å²) in [6.07, 6.45) is -0.513. The summed E-state index contributed by atoms with van der Waals surface area (Å²) in [6.45, 7) is 10.1. The first kappa shape index (κ1) is 14.8. The monoisotopic (exact) mass is 273 g/mol. The van der Waals surface area contributed by atoms with Crippen LogP contribution in [0.15, 0.2) is 18.2 Å². The highest BCUT2D eigenvalue weighted by atomic mass is 16.3. The zero-order valence-electron chi connectivity index (χ0n) is 12.5. The van der Waals surface area contributed by atoms with Gasteiger partial charge in [0.05, 0.1) is 17.7 Å². The van der Waals surface area contributed by atoms with Crippen molar-refractivity contribution >= 4 is 5.69 Å². The molecule has 4 heteroatoms. The van der Waals surface area contributed by atoms with E-state index >= 15 is 0 Å². The van der Waals surface area contributed by atoms with E-state index < -0.39 is 6.10 Å². The topological polar surface area (TPSA) is 50.5 Å². The van der Waals surface area contributed by atoms with Crippen LogP contribution in [0, 0.1) is 11.3 Å². The van der Waals surface area contributed by atoms with Gasteiger partial charge in [-0.25, -0.2) is 0 Å². The fourth-order valence-electron chi connectivity index (χ4n) is 2.72. The molecule has 1 saturated heterocycles. The summed E-state index contributed by atoms with van der Waals surface area (Å²) < 4.78 is 0. The largest absolute Gasteiger partial charge is 0.389 e. The number of hydrogen-bond donors (Lipinski definition) is 1. The van der Waals surface area contributed by atoms with Crippen molar-refractivity contribution in [1.29, 1.82) is 5.26 Å². The van der Waals surface area contributed by atoms with Crippen LogP contribution < -0.4 is 4.90 Å². The fourth-order valence-corrected chi connectivity index (χ4v) is 2.72. The third-order valence-electron chi connectivity index (χ3n) is 3.99. The molecule has 1 unspecified atom stereocenters. The van der Waals surface area contributed by atoms with E-state index in [9.17, 15) is 5.11 Å². The van der Waals surface area contributed by atoms with Gasteiger partial charge in [0.25, 0.3) is 0 Å². The van der Waals surface area contributed by atoms with Crippen LogP contribution in [0.5, 0.6) is 0 Å². The molecule has 2 rings (SSSR count). The molecule has 108 valence electrons. The standard InChI is InChI=1S/C16H23N3O/c1-12(2)18-6-8-19(9-7-18)16-10-14(11-17)4-5-15(16)13(3)20/h4-5,10,12-13,20H,6-9H2,1-3H3. The van der Waals surface area contributed by atoms with Gasteiger partial charge < -0.3 is 10.0 Å². The minimum atomic E-state index is -0.513. The van der Waals surface area contributed by atoms with Crippen LogP contribution in [-0.4, -0.2) is 42.2 Å². The van der Waals surface area contributed by atoms with Gasteiger partial charge in [-0.1, -0.05) is 6.07 Å². The summed E-state index contributed by atoms with van der Waals surface area (Å²) in [7, 11) is 0. The van der Waals surface area contributed by atoms with Crippen molar-refractivity contribution in [2.45, 2.75) is 32.9 Å². The molecule has 0 aromatic heterocycles. The van der Waals surface area contributed by atoms with Crippen molar-refractivity contribution in [2.75, 3.05) is 31.1 Å². The highest BCUT2D eigenvalue weighted by Gasteiger charge is 2.22. The van der Waals surface area contributed by atoms with Gasteiger partial charge >= 0.3 is 0 Å². The van der Waals surface area contributed by atoms with E-state index in [-0.39, 0.29) is 0 Å². The van der Waals surface area contributed by atoms with Gasteiger partial charge in [0.15, 0.2) is 0 Å². The van der Waals surface area contributed by atoms with Crippen LogP contribution in [0.1, 0.15) is 38.0 Å². The van der Waals surface area contributed by atoms with E-state index in [1.165, 1.54) is 0 Å². The number of nitriles is 1. The Hall–Kier alpha value is -1.57. The molecule has 20 heavy (non-hydrogen) atoms. The minimum Gasteiger partial charge on any atom is -0.389 e. The normalized spacial score (nSPS) is 18.1. The molecule has 1 aromatic carbocycles. The van der Waals surface area contributed by atoms with Crippen molar-refractivity contribution in [3.63, 3.8) is 0 Å². The molecule has 1 atom stereocenters. The number of aliphatic hydroxyl groups is 1. The Kier molecular flexibility index (Phi) is 4.64. The Morgan fingerprint density at radius 3 is 2.30 bits per heavy atom. The van der Waals surface area contributed by atoms with E-state index in [1.54, 1.807) is 13.0 Å². The molecule has 0 saturated carbocycles. The second kappa shape index (κ2) is 6.25. The quantitative estimate of drug-likeness (QED) is 0.916. The van der Waals surface area contributed by atoms with Gasteiger partial charge in [0, 0.05) is 43.5 Å². The molecule has 1 aromatic rings. The van der Waals surface area contributed by atoms with Gasteiger partial charge in [0.2, 0.25) is 0 Å². The molecule has 4 nitrogen and oxygen atoms in total. The van der Waals surface area contributed by atoms with Crippen molar-refractivity contribution in [3.8, 4) is 6.07 Å². The first-order valence-corrected chi connectivity index (χ1v) is 7.24. The van der Waals surface area contributed by atoms with Crippen LogP contribution >= 0.6 is 0 Å². The summed E-state index contributed by atoms with van der Waals surface area (Å²) in [6, 6.07) is 8.29. The molecule has 0 amide bonds. The molecule has 0 bridgehead atoms. The van der Waals surface area contributed by atoms with E-state index in [0.29, 0.717) is 11.6 Å². The summed E-state index contributed by atoms with van der Waals surface area (Å²) >= 11 is 0. The molecule has 0 spiro atoms. The second-order valence-electron chi connectivity index (χ2n) is 5.68. The fraction of sp³-hybridized carbons (Fsp3) is 0.562. The van der Waals surface area contributed by atoms with Crippen molar-refractivity contribution < 1.29 is 5.11 Å². The lowest BCUT2D eigenvalue weighted by Gasteiger charge is -2.39. The number of aliphatic hydroxyl groups excluding tert-OH is 1. The molecular formula is C16H23N3O. The van der Waals surface area contributed by atoms with Gasteiger partial charge in [-0.05, 0) is 32.9 Å². The Morgan fingerprint density at radius 2 is 1.80 bits per heavy atom. The molecule has 1 N–H and O–H groups in total. The number of rotatable bonds is 3.